The molecule has 0 spiro atoms. The Kier molecular flexibility index (Phi) is 19.8. The Morgan fingerprint density at radius 1 is 0.958 bits per heavy atom. The maximum atomic E-state index is 11.2. The number of ether oxygens (including phenoxy) is 1. The molecule has 0 saturated heterocycles. The molecule has 0 bridgehead atoms. The van der Waals surface area contributed by atoms with Crippen LogP contribution in [0.4, 0.5) is 0 Å². The number of rotatable bonds is 18. The van der Waals surface area contributed by atoms with Crippen LogP contribution < -0.4 is 0 Å². The second kappa shape index (κ2) is 19.6. The Balaban J connectivity index is 3.24. The Labute approximate surface area is 161 Å². The van der Waals surface area contributed by atoms with Crippen LogP contribution in [0, 0.1) is 0 Å². The highest BCUT2D eigenvalue weighted by Crippen LogP contribution is 2.36. The van der Waals surface area contributed by atoms with Gasteiger partial charge in [0.25, 0.3) is 0 Å². The Bertz CT molecular complexity index is 298. The minimum absolute atomic E-state index is 0.00549. The van der Waals surface area contributed by atoms with E-state index in [1.165, 1.54) is 76.0 Å². The molecular weight excluding hydrogens is 356 g/mol. The molecule has 0 aromatic carbocycles. The molecule has 0 aliphatic carbocycles. The van der Waals surface area contributed by atoms with E-state index in [4.69, 9.17) is 4.74 Å². The summed E-state index contributed by atoms with van der Waals surface area (Å²) < 4.78 is 5.26. The molecule has 0 amide bonds. The molecule has 5 heteroatoms. The average molecular weight is 393 g/mol. The number of esters is 1. The molecule has 1 unspecified atom stereocenters. The lowest BCUT2D eigenvalue weighted by Gasteiger charge is -2.13. The van der Waals surface area contributed by atoms with E-state index >= 15 is 0 Å². The first-order chi connectivity index (χ1) is 11.7. The number of carbonyl (C=O) groups is 1. The third-order valence-corrected chi connectivity index (χ3v) is 8.21. The van der Waals surface area contributed by atoms with E-state index in [1.807, 2.05) is 27.5 Å². The molecule has 2 nitrogen and oxygen atoms in total. The highest BCUT2D eigenvalue weighted by Gasteiger charge is 2.10. The number of carbonyl (C=O) groups excluding carboxylic acids is 1. The zero-order valence-corrected chi connectivity index (χ0v) is 18.0. The van der Waals surface area contributed by atoms with Gasteiger partial charge in [-0.3, -0.25) is 0 Å². The molecule has 0 N–H and O–H groups in total. The van der Waals surface area contributed by atoms with Gasteiger partial charge in [-0.05, 0) is 22.7 Å². The molecule has 0 aromatic rings. The summed E-state index contributed by atoms with van der Waals surface area (Å²) in [4.78, 5) is 11.2. The minimum Gasteiger partial charge on any atom is -0.458 e. The summed E-state index contributed by atoms with van der Waals surface area (Å²) in [6.45, 7) is 7.75. The van der Waals surface area contributed by atoms with E-state index in [0.29, 0.717) is 0 Å². The molecule has 0 saturated carbocycles. The van der Waals surface area contributed by atoms with E-state index in [-0.39, 0.29) is 12.1 Å². The van der Waals surface area contributed by atoms with Gasteiger partial charge in [0, 0.05) is 17.6 Å². The monoisotopic (exact) mass is 392 g/mol. The summed E-state index contributed by atoms with van der Waals surface area (Å²) in [6, 6.07) is 0. The fourth-order valence-electron chi connectivity index (χ4n) is 2.27. The highest BCUT2D eigenvalue weighted by atomic mass is 33.5. The zero-order chi connectivity index (χ0) is 17.9. The molecule has 0 fully saturated rings. The van der Waals surface area contributed by atoms with E-state index in [0.717, 1.165) is 12.2 Å². The summed E-state index contributed by atoms with van der Waals surface area (Å²) in [5.41, 5.74) is 0. The van der Waals surface area contributed by atoms with E-state index in [9.17, 15) is 4.79 Å². The maximum absolute atomic E-state index is 11.2. The summed E-state index contributed by atoms with van der Waals surface area (Å²) in [5.74, 6) is 1.76. The number of hydrogen-bond donors (Lipinski definition) is 0. The lowest BCUT2D eigenvalue weighted by Crippen LogP contribution is -2.17. The maximum Gasteiger partial charge on any atom is 0.330 e. The molecule has 0 radical (unpaired) electrons. The van der Waals surface area contributed by atoms with Crippen molar-refractivity contribution in [1.29, 1.82) is 0 Å². The van der Waals surface area contributed by atoms with Crippen molar-refractivity contribution >= 4 is 37.4 Å². The molecule has 0 rings (SSSR count). The fraction of sp³-hybridized carbons (Fsp3) is 0.842. The van der Waals surface area contributed by atoms with Gasteiger partial charge in [0.15, 0.2) is 0 Å². The molecule has 0 heterocycles. The third-order valence-electron chi connectivity index (χ3n) is 3.84. The smallest absolute Gasteiger partial charge is 0.330 e. The summed E-state index contributed by atoms with van der Waals surface area (Å²) >= 11 is 0. The van der Waals surface area contributed by atoms with E-state index in [2.05, 4.69) is 13.5 Å². The highest BCUT2D eigenvalue weighted by molar-refractivity contribution is 9.09. The van der Waals surface area contributed by atoms with Gasteiger partial charge < -0.3 is 4.74 Å². The zero-order valence-electron chi connectivity index (χ0n) is 15.6. The van der Waals surface area contributed by atoms with Gasteiger partial charge in [0.05, 0.1) is 0 Å². The first kappa shape index (κ1) is 24.3. The van der Waals surface area contributed by atoms with E-state index in [1.54, 1.807) is 10.8 Å². The van der Waals surface area contributed by atoms with Crippen LogP contribution in [0.15, 0.2) is 12.7 Å². The van der Waals surface area contributed by atoms with Crippen LogP contribution in [0.5, 0.6) is 0 Å². The van der Waals surface area contributed by atoms with Crippen molar-refractivity contribution < 1.29 is 9.53 Å². The summed E-state index contributed by atoms with van der Waals surface area (Å²) in [6.07, 6.45) is 16.0. The first-order valence-electron chi connectivity index (χ1n) is 9.48. The fourth-order valence-corrected chi connectivity index (χ4v) is 6.35. The predicted octanol–water partition coefficient (Wildman–Crippen LogP) is 7.44. The van der Waals surface area contributed by atoms with Crippen LogP contribution in [-0.4, -0.2) is 23.6 Å². The topological polar surface area (TPSA) is 26.3 Å². The molecule has 24 heavy (non-hydrogen) atoms. The van der Waals surface area contributed by atoms with Gasteiger partial charge in [-0.25, -0.2) is 4.79 Å². The molecule has 1 atom stereocenters. The van der Waals surface area contributed by atoms with Gasteiger partial charge in [-0.15, -0.1) is 0 Å². The second-order valence-corrected chi connectivity index (χ2v) is 10.4. The number of unbranched alkanes of at least 4 members (excludes halogenated alkanes) is 9. The van der Waals surface area contributed by atoms with Crippen LogP contribution in [-0.2, 0) is 9.53 Å². The van der Waals surface area contributed by atoms with Crippen molar-refractivity contribution in [1.82, 2.24) is 0 Å². The summed E-state index contributed by atoms with van der Waals surface area (Å²) in [5, 5.41) is 0. The lowest BCUT2D eigenvalue weighted by atomic mass is 10.1. The van der Waals surface area contributed by atoms with Crippen LogP contribution in [0.3, 0.4) is 0 Å². The molecule has 0 aromatic heterocycles. The standard InChI is InChI=1S/C19H36O2S3/c1-4-7-8-9-10-11-12-13-14-15-16-22-24-23-17-18(5-2)21-19(20)6-3/h6,18H,3-5,7-17H2,1-2H3. The molecular formula is C19H36O2S3. The lowest BCUT2D eigenvalue weighted by molar-refractivity contribution is -0.141. The van der Waals surface area contributed by atoms with Crippen LogP contribution in [0.2, 0.25) is 0 Å². The van der Waals surface area contributed by atoms with Crippen molar-refractivity contribution in [3.05, 3.63) is 12.7 Å². The van der Waals surface area contributed by atoms with Crippen LogP contribution in [0.1, 0.15) is 84.5 Å². The van der Waals surface area contributed by atoms with Crippen molar-refractivity contribution in [3.63, 3.8) is 0 Å². The SMILES string of the molecule is C=CC(=O)OC(CC)CSSSCCCCCCCCCCCC. The Morgan fingerprint density at radius 3 is 2.08 bits per heavy atom. The average Bonchev–Trinajstić information content (AvgIpc) is 2.60. The first-order valence-corrected chi connectivity index (χ1v) is 13.3. The van der Waals surface area contributed by atoms with Gasteiger partial charge in [-0.2, -0.15) is 0 Å². The molecule has 0 aliphatic rings. The van der Waals surface area contributed by atoms with Gasteiger partial charge in [0.2, 0.25) is 0 Å². The van der Waals surface area contributed by atoms with Crippen LogP contribution in [0.25, 0.3) is 0 Å². The predicted molar refractivity (Wildman–Crippen MR) is 115 cm³/mol. The van der Waals surface area contributed by atoms with Crippen molar-refractivity contribution in [2.75, 3.05) is 11.5 Å². The van der Waals surface area contributed by atoms with Crippen molar-refractivity contribution in [2.24, 2.45) is 0 Å². The van der Waals surface area contributed by atoms with Gasteiger partial charge in [-0.1, -0.05) is 99.8 Å². The normalized spacial score (nSPS) is 12.1. The van der Waals surface area contributed by atoms with E-state index < -0.39 is 0 Å². The Hall–Kier alpha value is 0.260. The second-order valence-electron chi connectivity index (χ2n) is 6.03. The number of hydrogen-bond acceptors (Lipinski definition) is 5. The molecule has 142 valence electrons. The van der Waals surface area contributed by atoms with Gasteiger partial charge >= 0.3 is 5.97 Å². The molecule has 0 aliphatic heterocycles. The summed E-state index contributed by atoms with van der Waals surface area (Å²) in [7, 11) is 5.54. The van der Waals surface area contributed by atoms with Crippen LogP contribution >= 0.6 is 31.4 Å². The largest absolute Gasteiger partial charge is 0.458 e. The van der Waals surface area contributed by atoms with Crippen molar-refractivity contribution in [3.8, 4) is 0 Å². The Morgan fingerprint density at radius 2 is 1.54 bits per heavy atom. The third kappa shape index (κ3) is 17.1. The van der Waals surface area contributed by atoms with Crippen molar-refractivity contribution in [2.45, 2.75) is 90.6 Å². The van der Waals surface area contributed by atoms with Gasteiger partial charge in [0.1, 0.15) is 6.10 Å². The quantitative estimate of drug-likeness (QED) is 0.104. The minimum atomic E-state index is -0.314.